The summed E-state index contributed by atoms with van der Waals surface area (Å²) < 4.78 is 0. The maximum absolute atomic E-state index is 11.3. The Morgan fingerprint density at radius 1 is 1.53 bits per heavy atom. The maximum atomic E-state index is 11.3. The van der Waals surface area contributed by atoms with Crippen LogP contribution in [0.15, 0.2) is 17.5 Å². The lowest BCUT2D eigenvalue weighted by atomic mass is 10.1. The van der Waals surface area contributed by atoms with Gasteiger partial charge in [-0.2, -0.15) is 5.10 Å². The van der Waals surface area contributed by atoms with E-state index in [1.165, 1.54) is 0 Å². The fraction of sp³-hybridized carbons (Fsp3) is 0.154. The molecular formula is C13H12N4OS. The number of allylic oxidation sites excluding steroid dienone is 3. The van der Waals surface area contributed by atoms with Crippen LogP contribution >= 0.6 is 11.3 Å². The van der Waals surface area contributed by atoms with E-state index in [1.807, 2.05) is 30.5 Å². The Bertz CT molecular complexity index is 708. The molecule has 3 rings (SSSR count). The molecule has 0 saturated heterocycles. The number of fused-ring (bicyclic) bond motifs is 1. The van der Waals surface area contributed by atoms with Crippen LogP contribution in [0.2, 0.25) is 0 Å². The van der Waals surface area contributed by atoms with Gasteiger partial charge in [0.15, 0.2) is 5.69 Å². The molecule has 19 heavy (non-hydrogen) atoms. The molecule has 1 aliphatic rings. The fourth-order valence-electron chi connectivity index (χ4n) is 2.04. The second kappa shape index (κ2) is 4.47. The quantitative estimate of drug-likeness (QED) is 0.876. The van der Waals surface area contributed by atoms with Gasteiger partial charge in [0.05, 0.1) is 5.69 Å². The Labute approximate surface area is 113 Å². The number of carbonyl (C=O) groups is 1. The first-order valence-electron chi connectivity index (χ1n) is 5.83. The monoisotopic (exact) mass is 272 g/mol. The molecule has 0 unspecified atom stereocenters. The van der Waals surface area contributed by atoms with E-state index < -0.39 is 5.91 Å². The molecular weight excluding hydrogens is 260 g/mol. The van der Waals surface area contributed by atoms with Crippen molar-refractivity contribution in [1.29, 1.82) is 0 Å². The van der Waals surface area contributed by atoms with Gasteiger partial charge in [0, 0.05) is 22.2 Å². The van der Waals surface area contributed by atoms with Crippen molar-refractivity contribution < 1.29 is 4.79 Å². The highest BCUT2D eigenvalue weighted by Crippen LogP contribution is 2.27. The SMILES string of the molecule is Cc1csc(C2=Cc3[nH]nc(C(N)=O)c3CC=C2)n1. The molecule has 0 bridgehead atoms. The maximum Gasteiger partial charge on any atom is 0.269 e. The van der Waals surface area contributed by atoms with Gasteiger partial charge >= 0.3 is 0 Å². The lowest BCUT2D eigenvalue weighted by Crippen LogP contribution is -2.13. The summed E-state index contributed by atoms with van der Waals surface area (Å²) in [6, 6.07) is 0. The van der Waals surface area contributed by atoms with Crippen molar-refractivity contribution in [2.75, 3.05) is 0 Å². The number of primary amides is 1. The van der Waals surface area contributed by atoms with Gasteiger partial charge in [-0.1, -0.05) is 12.2 Å². The molecule has 0 radical (unpaired) electrons. The predicted molar refractivity (Wildman–Crippen MR) is 74.7 cm³/mol. The zero-order chi connectivity index (χ0) is 13.4. The smallest absolute Gasteiger partial charge is 0.269 e. The summed E-state index contributed by atoms with van der Waals surface area (Å²) in [6.07, 6.45) is 6.60. The summed E-state index contributed by atoms with van der Waals surface area (Å²) in [5.74, 6) is -0.507. The highest BCUT2D eigenvalue weighted by atomic mass is 32.1. The Hall–Kier alpha value is -2.21. The molecule has 0 fully saturated rings. The zero-order valence-electron chi connectivity index (χ0n) is 10.3. The number of aryl methyl sites for hydroxylation is 1. The van der Waals surface area contributed by atoms with E-state index in [0.29, 0.717) is 12.1 Å². The normalized spacial score (nSPS) is 13.8. The van der Waals surface area contributed by atoms with Gasteiger partial charge in [-0.05, 0) is 19.4 Å². The molecule has 0 atom stereocenters. The van der Waals surface area contributed by atoms with Crippen molar-refractivity contribution in [3.63, 3.8) is 0 Å². The van der Waals surface area contributed by atoms with E-state index >= 15 is 0 Å². The molecule has 0 saturated carbocycles. The largest absolute Gasteiger partial charge is 0.364 e. The lowest BCUT2D eigenvalue weighted by molar-refractivity contribution is 0.0995. The third-order valence-electron chi connectivity index (χ3n) is 2.92. The highest BCUT2D eigenvalue weighted by molar-refractivity contribution is 7.10. The van der Waals surface area contributed by atoms with Crippen LogP contribution in [0.1, 0.15) is 32.4 Å². The molecule has 1 amide bonds. The first-order chi connectivity index (χ1) is 9.15. The van der Waals surface area contributed by atoms with E-state index in [9.17, 15) is 4.79 Å². The van der Waals surface area contributed by atoms with Gasteiger partial charge in [0.1, 0.15) is 5.01 Å². The second-order valence-electron chi connectivity index (χ2n) is 4.33. The van der Waals surface area contributed by atoms with Crippen molar-refractivity contribution in [1.82, 2.24) is 15.2 Å². The number of aromatic nitrogens is 3. The van der Waals surface area contributed by atoms with Gasteiger partial charge in [-0.3, -0.25) is 9.89 Å². The number of hydrogen-bond acceptors (Lipinski definition) is 4. The molecule has 96 valence electrons. The van der Waals surface area contributed by atoms with Crippen molar-refractivity contribution in [3.8, 4) is 0 Å². The summed E-state index contributed by atoms with van der Waals surface area (Å²) in [5.41, 5.74) is 9.29. The topological polar surface area (TPSA) is 84.7 Å². The first kappa shape index (κ1) is 11.9. The molecule has 0 aromatic carbocycles. The summed E-state index contributed by atoms with van der Waals surface area (Å²) >= 11 is 1.60. The number of nitrogens with one attached hydrogen (secondary N) is 1. The molecule has 0 aliphatic heterocycles. The number of aromatic amines is 1. The van der Waals surface area contributed by atoms with Crippen molar-refractivity contribution in [2.24, 2.45) is 5.73 Å². The number of hydrogen-bond donors (Lipinski definition) is 2. The predicted octanol–water partition coefficient (Wildman–Crippen LogP) is 1.93. The average Bonchev–Trinajstić information content (AvgIpc) is 2.90. The molecule has 2 aromatic heterocycles. The van der Waals surface area contributed by atoms with Crippen LogP contribution in [0.4, 0.5) is 0 Å². The van der Waals surface area contributed by atoms with Crippen molar-refractivity contribution in [2.45, 2.75) is 13.3 Å². The molecule has 2 aromatic rings. The van der Waals surface area contributed by atoms with Crippen LogP contribution in [0.3, 0.4) is 0 Å². The minimum absolute atomic E-state index is 0.312. The number of nitrogens with zero attached hydrogens (tertiary/aromatic N) is 2. The minimum atomic E-state index is -0.507. The van der Waals surface area contributed by atoms with Crippen molar-refractivity contribution in [3.05, 3.63) is 45.2 Å². The molecule has 6 heteroatoms. The first-order valence-corrected chi connectivity index (χ1v) is 6.71. The third-order valence-corrected chi connectivity index (χ3v) is 3.93. The Kier molecular flexibility index (Phi) is 2.79. The third kappa shape index (κ3) is 2.10. The second-order valence-corrected chi connectivity index (χ2v) is 5.19. The molecule has 2 heterocycles. The standard InChI is InChI=1S/C13H12N4OS/c1-7-6-19-13(15-7)8-3-2-4-9-10(5-8)16-17-11(9)12(14)18/h2-3,5-6H,4H2,1H3,(H2,14,18)(H,16,17). The van der Waals surface area contributed by atoms with Crippen LogP contribution in [-0.2, 0) is 6.42 Å². The number of carbonyl (C=O) groups excluding carboxylic acids is 1. The van der Waals surface area contributed by atoms with E-state index in [4.69, 9.17) is 5.73 Å². The lowest BCUT2D eigenvalue weighted by Gasteiger charge is -1.95. The van der Waals surface area contributed by atoms with Gasteiger partial charge in [-0.25, -0.2) is 4.98 Å². The van der Waals surface area contributed by atoms with Gasteiger partial charge in [-0.15, -0.1) is 11.3 Å². The minimum Gasteiger partial charge on any atom is -0.364 e. The van der Waals surface area contributed by atoms with E-state index in [-0.39, 0.29) is 0 Å². The molecule has 3 N–H and O–H groups in total. The summed E-state index contributed by atoms with van der Waals surface area (Å²) in [5, 5.41) is 9.81. The Balaban J connectivity index is 2.08. The van der Waals surface area contributed by atoms with Crippen LogP contribution < -0.4 is 5.73 Å². The van der Waals surface area contributed by atoms with E-state index in [2.05, 4.69) is 15.2 Å². The van der Waals surface area contributed by atoms with Crippen LogP contribution in [-0.4, -0.2) is 21.1 Å². The fourth-order valence-corrected chi connectivity index (χ4v) is 2.83. The zero-order valence-corrected chi connectivity index (χ0v) is 11.1. The number of amides is 1. The highest BCUT2D eigenvalue weighted by Gasteiger charge is 2.17. The number of thiazole rings is 1. The van der Waals surface area contributed by atoms with Crippen LogP contribution in [0.5, 0.6) is 0 Å². The van der Waals surface area contributed by atoms with E-state index in [0.717, 1.165) is 27.5 Å². The molecule has 5 nitrogen and oxygen atoms in total. The van der Waals surface area contributed by atoms with Crippen molar-refractivity contribution >= 4 is 28.9 Å². The average molecular weight is 272 g/mol. The van der Waals surface area contributed by atoms with Crippen LogP contribution in [0.25, 0.3) is 11.6 Å². The Morgan fingerprint density at radius 3 is 3.05 bits per heavy atom. The van der Waals surface area contributed by atoms with Crippen LogP contribution in [0, 0.1) is 6.92 Å². The summed E-state index contributed by atoms with van der Waals surface area (Å²) in [6.45, 7) is 1.97. The van der Waals surface area contributed by atoms with Gasteiger partial charge in [0.25, 0.3) is 5.91 Å². The van der Waals surface area contributed by atoms with E-state index in [1.54, 1.807) is 11.3 Å². The molecule has 0 spiro atoms. The molecule has 1 aliphatic carbocycles. The summed E-state index contributed by atoms with van der Waals surface area (Å²) in [7, 11) is 0. The summed E-state index contributed by atoms with van der Waals surface area (Å²) in [4.78, 5) is 15.7. The number of nitrogens with two attached hydrogens (primary N) is 1. The number of rotatable bonds is 2. The Morgan fingerprint density at radius 2 is 2.37 bits per heavy atom. The number of H-pyrrole nitrogens is 1. The van der Waals surface area contributed by atoms with Gasteiger partial charge in [0.2, 0.25) is 0 Å². The van der Waals surface area contributed by atoms with Gasteiger partial charge < -0.3 is 5.73 Å².